The molecule has 3 nitrogen and oxygen atoms in total. The van der Waals surface area contributed by atoms with E-state index in [9.17, 15) is 0 Å². The van der Waals surface area contributed by atoms with Crippen LogP contribution >= 0.6 is 11.8 Å². The maximum atomic E-state index is 5.88. The zero-order valence-corrected chi connectivity index (χ0v) is 28.0. The van der Waals surface area contributed by atoms with Crippen LogP contribution < -0.4 is 5.32 Å². The van der Waals surface area contributed by atoms with Crippen molar-refractivity contribution >= 4 is 28.2 Å². The minimum atomic E-state index is 0.0728. The highest BCUT2D eigenvalue weighted by Crippen LogP contribution is 2.36. The number of aryl methyl sites for hydroxylation is 2. The molecule has 1 aromatic carbocycles. The van der Waals surface area contributed by atoms with E-state index >= 15 is 0 Å². The summed E-state index contributed by atoms with van der Waals surface area (Å²) in [5.41, 5.74) is 6.51. The van der Waals surface area contributed by atoms with Gasteiger partial charge < -0.3 is 5.32 Å². The van der Waals surface area contributed by atoms with Crippen LogP contribution in [0.2, 0.25) is 0 Å². The fraction of sp³-hybridized carbons (Fsp3) is 0.571. The van der Waals surface area contributed by atoms with Crippen LogP contribution in [0.5, 0.6) is 0 Å². The van der Waals surface area contributed by atoms with Crippen LogP contribution in [0.15, 0.2) is 46.4 Å². The molecule has 4 heteroatoms. The molecule has 1 saturated heterocycles. The van der Waals surface area contributed by atoms with Gasteiger partial charge in [0.15, 0.2) is 0 Å². The second-order valence-corrected chi connectivity index (χ2v) is 13.7. The Hall–Kier alpha value is -2.22. The molecule has 1 aliphatic heterocycles. The molecule has 0 spiro atoms. The van der Waals surface area contributed by atoms with Gasteiger partial charge in [-0.05, 0) is 120 Å². The maximum absolute atomic E-state index is 5.88. The van der Waals surface area contributed by atoms with Crippen molar-refractivity contribution in [2.75, 3.05) is 0 Å². The Morgan fingerprint density at radius 2 is 1.77 bits per heavy atom. The lowest BCUT2D eigenvalue weighted by Gasteiger charge is -2.45. The van der Waals surface area contributed by atoms with Gasteiger partial charge >= 0.3 is 0 Å². The molecule has 3 rings (SSSR count). The zero-order chi connectivity index (χ0) is 30.1. The van der Waals surface area contributed by atoms with E-state index in [0.717, 1.165) is 28.1 Å². The molecule has 0 saturated carbocycles. The summed E-state index contributed by atoms with van der Waals surface area (Å²) in [6.07, 6.45) is 13.7. The van der Waals surface area contributed by atoms with Crippen molar-refractivity contribution in [3.63, 3.8) is 0 Å². The highest BCUT2D eigenvalue weighted by molar-refractivity contribution is 8.06. The molecule has 2 aromatic rings. The van der Waals surface area contributed by atoms with E-state index in [0.29, 0.717) is 11.1 Å². The number of thioether (sulfide) groups is 1. The van der Waals surface area contributed by atoms with Crippen LogP contribution in [0, 0.1) is 31.1 Å². The average Bonchev–Trinajstić information content (AvgIpc) is 3.18. The molecule has 1 aliphatic rings. The number of terminal acetylenes is 1. The Bertz CT molecular complexity index is 1200. The Labute approximate surface area is 245 Å². The van der Waals surface area contributed by atoms with E-state index in [1.54, 1.807) is 11.8 Å². The Balaban J connectivity index is 0.000000487. The summed E-state index contributed by atoms with van der Waals surface area (Å²) in [4.78, 5) is 2.29. The summed E-state index contributed by atoms with van der Waals surface area (Å²) in [7, 11) is 1.96. The summed E-state index contributed by atoms with van der Waals surface area (Å²) in [6, 6.07) is 4.41. The smallest absolute Gasteiger partial charge is 0.0952 e. The van der Waals surface area contributed by atoms with Crippen molar-refractivity contribution in [1.29, 1.82) is 0 Å². The van der Waals surface area contributed by atoms with Gasteiger partial charge in [-0.15, -0.1) is 6.42 Å². The van der Waals surface area contributed by atoms with Gasteiger partial charge in [0.2, 0.25) is 0 Å². The largest absolute Gasteiger partial charge is 0.307 e. The molecule has 0 bridgehead atoms. The third-order valence-corrected chi connectivity index (χ3v) is 7.78. The van der Waals surface area contributed by atoms with E-state index in [1.165, 1.54) is 40.0 Å². The summed E-state index contributed by atoms with van der Waals surface area (Å²) >= 11 is 1.70. The molecule has 216 valence electrons. The number of nitrogens with one attached hydrogen (secondary N) is 1. The number of fused-ring (bicyclic) bond motifs is 1. The lowest BCUT2D eigenvalue weighted by Crippen LogP contribution is -2.57. The molecule has 1 unspecified atom stereocenters. The van der Waals surface area contributed by atoms with Gasteiger partial charge in [-0.25, -0.2) is 0 Å². The number of hydrogen-bond acceptors (Lipinski definition) is 3. The van der Waals surface area contributed by atoms with Crippen LogP contribution in [0.4, 0.5) is 0 Å². The molecule has 1 aromatic heterocycles. The van der Waals surface area contributed by atoms with Gasteiger partial charge in [0.1, 0.15) is 0 Å². The Morgan fingerprint density at radius 1 is 1.21 bits per heavy atom. The zero-order valence-electron chi connectivity index (χ0n) is 27.2. The second-order valence-electron chi connectivity index (χ2n) is 12.3. The number of rotatable bonds is 6. The number of benzene rings is 1. The molecule has 39 heavy (non-hydrogen) atoms. The lowest BCUT2D eigenvalue weighted by atomic mass is 9.77. The highest BCUT2D eigenvalue weighted by atomic mass is 32.2. The van der Waals surface area contributed by atoms with Crippen molar-refractivity contribution in [3.8, 4) is 12.3 Å². The Morgan fingerprint density at radius 3 is 2.21 bits per heavy atom. The van der Waals surface area contributed by atoms with Crippen molar-refractivity contribution in [2.45, 2.75) is 113 Å². The minimum absolute atomic E-state index is 0.0728. The van der Waals surface area contributed by atoms with Crippen LogP contribution in [-0.4, -0.2) is 20.9 Å². The predicted octanol–water partition coefficient (Wildman–Crippen LogP) is 10.1. The van der Waals surface area contributed by atoms with Crippen molar-refractivity contribution < 1.29 is 0 Å². The Kier molecular flexibility index (Phi) is 13.4. The molecular weight excluding hydrogens is 494 g/mol. The number of aromatic nitrogens is 2. The number of allylic oxidation sites excluding steroid dienone is 4. The maximum Gasteiger partial charge on any atom is 0.0952 e. The van der Waals surface area contributed by atoms with Gasteiger partial charge in [0.25, 0.3) is 0 Å². The van der Waals surface area contributed by atoms with E-state index in [-0.39, 0.29) is 5.92 Å². The van der Waals surface area contributed by atoms with E-state index < -0.39 is 0 Å². The molecule has 1 fully saturated rings. The monoisotopic (exact) mass is 549 g/mol. The molecule has 1 N–H and O–H groups in total. The molecular formula is C35H55N3S. The van der Waals surface area contributed by atoms with Crippen molar-refractivity contribution in [1.82, 2.24) is 15.1 Å². The summed E-state index contributed by atoms with van der Waals surface area (Å²) < 4.78 is 1.86. The quantitative estimate of drug-likeness (QED) is 0.287. The van der Waals surface area contributed by atoms with Gasteiger partial charge in [0.05, 0.1) is 5.52 Å². The number of piperidine rings is 1. The second kappa shape index (κ2) is 15.0. The first-order valence-electron chi connectivity index (χ1n) is 14.5. The molecule has 0 amide bonds. The first-order chi connectivity index (χ1) is 18.1. The topological polar surface area (TPSA) is 29.9 Å². The normalized spacial score (nSPS) is 17.2. The molecule has 0 radical (unpaired) electrons. The van der Waals surface area contributed by atoms with Gasteiger partial charge in [0, 0.05) is 40.5 Å². The first-order valence-corrected chi connectivity index (χ1v) is 15.3. The average molecular weight is 550 g/mol. The van der Waals surface area contributed by atoms with E-state index in [4.69, 9.17) is 6.42 Å². The molecule has 2 heterocycles. The standard InChI is InChI=1S/C23H28N2S.C10H21N.C2H6/c1-9-18(10-2)21(13-22(15(3)4)26-16(5)6)19-11-17(7)23-20(12-19)14-25(8)24-23;1-8-6-9(2,3)11-10(4,5)7-8;1-2/h1,11-14,18H,5,10H2,2-4,6-8H3;8,11H,6-7H2,1-5H3;1-2H3/b21-13+;;. The van der Waals surface area contributed by atoms with Crippen molar-refractivity contribution in [2.24, 2.45) is 18.9 Å². The van der Waals surface area contributed by atoms with Crippen LogP contribution in [-0.2, 0) is 7.05 Å². The molecule has 0 aliphatic carbocycles. The SMILES string of the molecule is C#CC(CC)/C(=C\C(SC(=C)C)=C(C)C)c1cc(C)c2nn(C)cc2c1.CC.CC1CC(C)(C)NC(C)(C)C1. The van der Waals surface area contributed by atoms with Crippen LogP contribution in [0.25, 0.3) is 16.5 Å². The fourth-order valence-corrected chi connectivity index (χ4v) is 6.61. The number of hydrogen-bond donors (Lipinski definition) is 1. The van der Waals surface area contributed by atoms with E-state index in [1.807, 2.05) is 32.5 Å². The van der Waals surface area contributed by atoms with Gasteiger partial charge in [-0.2, -0.15) is 5.10 Å². The third-order valence-electron chi connectivity index (χ3n) is 6.69. The lowest BCUT2D eigenvalue weighted by molar-refractivity contribution is 0.138. The van der Waals surface area contributed by atoms with Gasteiger partial charge in [-0.1, -0.05) is 57.5 Å². The van der Waals surface area contributed by atoms with Crippen LogP contribution in [0.1, 0.15) is 107 Å². The highest BCUT2D eigenvalue weighted by Gasteiger charge is 2.35. The summed E-state index contributed by atoms with van der Waals surface area (Å²) in [5.74, 6) is 3.91. The summed E-state index contributed by atoms with van der Waals surface area (Å²) in [6.45, 7) is 30.1. The first kappa shape index (κ1) is 34.8. The fourth-order valence-electron chi connectivity index (χ4n) is 5.85. The van der Waals surface area contributed by atoms with Crippen molar-refractivity contribution in [3.05, 3.63) is 57.5 Å². The van der Waals surface area contributed by atoms with E-state index in [2.05, 4.69) is 110 Å². The van der Waals surface area contributed by atoms with Crippen LogP contribution in [0.3, 0.4) is 0 Å². The molecule has 1 atom stereocenters. The number of nitrogens with zero attached hydrogens (tertiary/aromatic N) is 2. The van der Waals surface area contributed by atoms with Gasteiger partial charge in [-0.3, -0.25) is 4.68 Å². The summed E-state index contributed by atoms with van der Waals surface area (Å²) in [5, 5.41) is 9.37. The third kappa shape index (κ3) is 10.7. The predicted molar refractivity (Wildman–Crippen MR) is 178 cm³/mol. The minimum Gasteiger partial charge on any atom is -0.307 e.